The fourth-order valence-corrected chi connectivity index (χ4v) is 3.19. The molecule has 0 radical (unpaired) electrons. The van der Waals surface area contributed by atoms with Crippen LogP contribution in [0.1, 0.15) is 37.6 Å². The number of aromatic nitrogens is 3. The Balaban J connectivity index is 1.66. The Kier molecular flexibility index (Phi) is 5.46. The SMILES string of the molecule is CCCCc1nc(N)c2[nH]cc(CCCN3CCNCC3)c2n1. The lowest BCUT2D eigenvalue weighted by molar-refractivity contribution is 0.238. The molecule has 6 nitrogen and oxygen atoms in total. The molecule has 0 amide bonds. The molecule has 0 bridgehead atoms. The number of nitrogens with zero attached hydrogens (tertiary/aromatic N) is 3. The van der Waals surface area contributed by atoms with E-state index in [1.807, 2.05) is 0 Å². The molecule has 0 spiro atoms. The first-order valence-electron chi connectivity index (χ1n) is 8.83. The molecular formula is C17H28N6. The molecule has 1 fully saturated rings. The van der Waals surface area contributed by atoms with Crippen molar-refractivity contribution in [1.82, 2.24) is 25.2 Å². The Morgan fingerprint density at radius 3 is 2.78 bits per heavy atom. The van der Waals surface area contributed by atoms with Crippen LogP contribution in [0.25, 0.3) is 11.0 Å². The molecule has 3 heterocycles. The minimum Gasteiger partial charge on any atom is -0.382 e. The molecule has 3 rings (SSSR count). The number of nitrogens with one attached hydrogen (secondary N) is 2. The molecule has 4 N–H and O–H groups in total. The molecule has 2 aromatic rings. The normalized spacial score (nSPS) is 16.2. The van der Waals surface area contributed by atoms with Crippen molar-refractivity contribution < 1.29 is 0 Å². The summed E-state index contributed by atoms with van der Waals surface area (Å²) in [4.78, 5) is 15.0. The Hall–Kier alpha value is -1.66. The standard InChI is InChI=1S/C17H28N6/c1-2-3-6-14-21-15-13(12-20-16(15)17(18)22-14)5-4-9-23-10-7-19-8-11-23/h12,19-20H,2-11H2,1H3,(H2,18,21,22). The lowest BCUT2D eigenvalue weighted by Crippen LogP contribution is -2.43. The number of nitrogen functional groups attached to an aromatic ring is 1. The van der Waals surface area contributed by atoms with Gasteiger partial charge in [-0.15, -0.1) is 0 Å². The zero-order chi connectivity index (χ0) is 16.1. The molecule has 1 saturated heterocycles. The van der Waals surface area contributed by atoms with Crippen molar-refractivity contribution in [2.45, 2.75) is 39.0 Å². The van der Waals surface area contributed by atoms with Gasteiger partial charge in [-0.05, 0) is 31.4 Å². The summed E-state index contributed by atoms with van der Waals surface area (Å²) in [6.45, 7) is 7.86. The van der Waals surface area contributed by atoms with Crippen molar-refractivity contribution in [2.24, 2.45) is 0 Å². The third-order valence-corrected chi connectivity index (χ3v) is 4.56. The molecule has 0 unspecified atom stereocenters. The van der Waals surface area contributed by atoms with Crippen molar-refractivity contribution >= 4 is 16.9 Å². The number of hydrogen-bond donors (Lipinski definition) is 3. The maximum absolute atomic E-state index is 6.09. The predicted octanol–water partition coefficient (Wildman–Crippen LogP) is 1.72. The highest BCUT2D eigenvalue weighted by Gasteiger charge is 2.13. The molecular weight excluding hydrogens is 288 g/mol. The van der Waals surface area contributed by atoms with E-state index in [2.05, 4.69) is 33.3 Å². The molecule has 1 aliphatic heterocycles. The highest BCUT2D eigenvalue weighted by atomic mass is 15.2. The summed E-state index contributed by atoms with van der Waals surface area (Å²) in [5, 5.41) is 3.39. The first kappa shape index (κ1) is 16.2. The van der Waals surface area contributed by atoms with Crippen molar-refractivity contribution in [2.75, 3.05) is 38.5 Å². The van der Waals surface area contributed by atoms with E-state index in [9.17, 15) is 0 Å². The largest absolute Gasteiger partial charge is 0.382 e. The van der Waals surface area contributed by atoms with E-state index >= 15 is 0 Å². The van der Waals surface area contributed by atoms with E-state index in [-0.39, 0.29) is 0 Å². The van der Waals surface area contributed by atoms with Crippen LogP contribution in [0, 0.1) is 0 Å². The van der Waals surface area contributed by atoms with E-state index < -0.39 is 0 Å². The van der Waals surface area contributed by atoms with Gasteiger partial charge >= 0.3 is 0 Å². The smallest absolute Gasteiger partial charge is 0.151 e. The molecule has 6 heteroatoms. The van der Waals surface area contributed by atoms with Crippen LogP contribution in [0.3, 0.4) is 0 Å². The Labute approximate surface area is 137 Å². The van der Waals surface area contributed by atoms with Crippen molar-refractivity contribution in [3.63, 3.8) is 0 Å². The second-order valence-corrected chi connectivity index (χ2v) is 6.36. The molecule has 0 aliphatic carbocycles. The van der Waals surface area contributed by atoms with Gasteiger partial charge in [0.1, 0.15) is 11.3 Å². The lowest BCUT2D eigenvalue weighted by Gasteiger charge is -2.26. The van der Waals surface area contributed by atoms with Gasteiger partial charge in [0.2, 0.25) is 0 Å². The Morgan fingerprint density at radius 1 is 1.17 bits per heavy atom. The molecule has 126 valence electrons. The molecule has 0 aromatic carbocycles. The number of hydrogen-bond acceptors (Lipinski definition) is 5. The van der Waals surface area contributed by atoms with Gasteiger partial charge in [-0.1, -0.05) is 13.3 Å². The van der Waals surface area contributed by atoms with Gasteiger partial charge in [0.05, 0.1) is 5.52 Å². The molecule has 1 aliphatic rings. The zero-order valence-electron chi connectivity index (χ0n) is 14.1. The lowest BCUT2D eigenvalue weighted by atomic mass is 10.1. The zero-order valence-corrected chi connectivity index (χ0v) is 14.1. The van der Waals surface area contributed by atoms with E-state index in [4.69, 9.17) is 10.7 Å². The second-order valence-electron chi connectivity index (χ2n) is 6.36. The summed E-state index contributed by atoms with van der Waals surface area (Å²) in [5.41, 5.74) is 9.26. The monoisotopic (exact) mass is 316 g/mol. The summed E-state index contributed by atoms with van der Waals surface area (Å²) >= 11 is 0. The number of unbranched alkanes of at least 4 members (excludes halogenated alkanes) is 1. The second kappa shape index (κ2) is 7.75. The summed E-state index contributed by atoms with van der Waals surface area (Å²) < 4.78 is 0. The highest BCUT2D eigenvalue weighted by Crippen LogP contribution is 2.22. The minimum atomic E-state index is 0.578. The van der Waals surface area contributed by atoms with Crippen LogP contribution in [-0.4, -0.2) is 52.6 Å². The van der Waals surface area contributed by atoms with Gasteiger partial charge in [0.25, 0.3) is 0 Å². The van der Waals surface area contributed by atoms with Gasteiger partial charge in [-0.25, -0.2) is 9.97 Å². The van der Waals surface area contributed by atoms with Gasteiger partial charge in [-0.3, -0.25) is 0 Å². The van der Waals surface area contributed by atoms with Crippen LogP contribution in [0.15, 0.2) is 6.20 Å². The molecule has 0 atom stereocenters. The summed E-state index contributed by atoms with van der Waals surface area (Å²) in [5.74, 6) is 1.45. The van der Waals surface area contributed by atoms with Crippen molar-refractivity contribution in [1.29, 1.82) is 0 Å². The van der Waals surface area contributed by atoms with E-state index in [1.54, 1.807) is 0 Å². The highest BCUT2D eigenvalue weighted by molar-refractivity contribution is 5.87. The third-order valence-electron chi connectivity index (χ3n) is 4.56. The first-order valence-corrected chi connectivity index (χ1v) is 8.83. The number of nitrogens with two attached hydrogens (primary N) is 1. The van der Waals surface area contributed by atoms with Gasteiger partial charge in [-0.2, -0.15) is 0 Å². The van der Waals surface area contributed by atoms with E-state index in [0.29, 0.717) is 5.82 Å². The maximum Gasteiger partial charge on any atom is 0.151 e. The Morgan fingerprint density at radius 2 is 2.00 bits per heavy atom. The summed E-state index contributed by atoms with van der Waals surface area (Å²) in [6.07, 6.45) is 7.40. The number of rotatable bonds is 7. The Bertz CT molecular complexity index is 629. The predicted molar refractivity (Wildman–Crippen MR) is 94.5 cm³/mol. The average Bonchev–Trinajstić information content (AvgIpc) is 2.98. The van der Waals surface area contributed by atoms with Gasteiger partial charge in [0, 0.05) is 38.8 Å². The first-order chi connectivity index (χ1) is 11.3. The number of fused-ring (bicyclic) bond motifs is 1. The van der Waals surface area contributed by atoms with Crippen molar-refractivity contribution in [3.8, 4) is 0 Å². The van der Waals surface area contributed by atoms with Crippen LogP contribution < -0.4 is 11.1 Å². The van der Waals surface area contributed by atoms with Crippen LogP contribution in [-0.2, 0) is 12.8 Å². The van der Waals surface area contributed by atoms with Gasteiger partial charge in [0.15, 0.2) is 5.82 Å². The summed E-state index contributed by atoms with van der Waals surface area (Å²) in [6, 6.07) is 0. The van der Waals surface area contributed by atoms with Crippen LogP contribution >= 0.6 is 0 Å². The fourth-order valence-electron chi connectivity index (χ4n) is 3.19. The van der Waals surface area contributed by atoms with Crippen molar-refractivity contribution in [3.05, 3.63) is 17.6 Å². The van der Waals surface area contributed by atoms with E-state index in [1.165, 1.54) is 5.56 Å². The average molecular weight is 316 g/mol. The van der Waals surface area contributed by atoms with Crippen LogP contribution in [0.2, 0.25) is 0 Å². The van der Waals surface area contributed by atoms with Crippen LogP contribution in [0.4, 0.5) is 5.82 Å². The number of piperazine rings is 1. The number of aryl methyl sites for hydroxylation is 2. The maximum atomic E-state index is 6.09. The number of aromatic amines is 1. The summed E-state index contributed by atoms with van der Waals surface area (Å²) in [7, 11) is 0. The third kappa shape index (κ3) is 4.00. The fraction of sp³-hybridized carbons (Fsp3) is 0.647. The minimum absolute atomic E-state index is 0.578. The quantitative estimate of drug-likeness (QED) is 0.724. The van der Waals surface area contributed by atoms with Gasteiger partial charge < -0.3 is 20.9 Å². The molecule has 0 saturated carbocycles. The number of H-pyrrole nitrogens is 1. The molecule has 2 aromatic heterocycles. The number of anilines is 1. The van der Waals surface area contributed by atoms with E-state index in [0.717, 1.165) is 81.7 Å². The topological polar surface area (TPSA) is 82.9 Å². The molecule has 23 heavy (non-hydrogen) atoms. The van der Waals surface area contributed by atoms with Crippen LogP contribution in [0.5, 0.6) is 0 Å².